The molecule has 4 N–H and O–H groups in total. The molecule has 0 aromatic heterocycles. The molecule has 106 valence electrons. The molecule has 0 saturated carbocycles. The van der Waals surface area contributed by atoms with E-state index in [0.717, 1.165) is 28.8 Å². The van der Waals surface area contributed by atoms with Gasteiger partial charge in [0.1, 0.15) is 5.75 Å². The zero-order valence-corrected chi connectivity index (χ0v) is 12.4. The second-order valence-corrected chi connectivity index (χ2v) is 5.18. The molecule has 5 nitrogen and oxygen atoms in total. The molecule has 1 unspecified atom stereocenters. The fraction of sp³-hybridized carbons (Fsp3) is 0.462. The minimum absolute atomic E-state index is 0.0206. The van der Waals surface area contributed by atoms with Crippen molar-refractivity contribution in [2.45, 2.75) is 18.9 Å². The van der Waals surface area contributed by atoms with Gasteiger partial charge in [-0.15, -0.1) is 0 Å². The zero-order chi connectivity index (χ0) is 14.3. The van der Waals surface area contributed by atoms with E-state index < -0.39 is 5.97 Å². The lowest BCUT2D eigenvalue weighted by Crippen LogP contribution is -2.36. The van der Waals surface area contributed by atoms with E-state index in [1.54, 1.807) is 7.11 Å². The number of carboxylic acid groups (broad SMARTS) is 1. The van der Waals surface area contributed by atoms with Gasteiger partial charge < -0.3 is 20.9 Å². The van der Waals surface area contributed by atoms with Crippen molar-refractivity contribution in [2.75, 3.05) is 20.2 Å². The Morgan fingerprint density at radius 3 is 2.95 bits per heavy atom. The summed E-state index contributed by atoms with van der Waals surface area (Å²) >= 11 is 3.42. The minimum atomic E-state index is -0.872. The smallest absolute Gasteiger partial charge is 0.304 e. The van der Waals surface area contributed by atoms with Gasteiger partial charge in [-0.1, -0.05) is 15.9 Å². The van der Waals surface area contributed by atoms with Crippen LogP contribution in [0.2, 0.25) is 0 Å². The number of hydrogen-bond donors (Lipinski definition) is 3. The summed E-state index contributed by atoms with van der Waals surface area (Å²) in [6.07, 6.45) is 0.773. The fourth-order valence-electron chi connectivity index (χ4n) is 1.75. The number of ether oxygens (including phenoxy) is 1. The van der Waals surface area contributed by atoms with Crippen molar-refractivity contribution < 1.29 is 14.6 Å². The molecule has 0 saturated heterocycles. The summed E-state index contributed by atoms with van der Waals surface area (Å²) in [6.45, 7) is 1.21. The first-order valence-electron chi connectivity index (χ1n) is 6.03. The van der Waals surface area contributed by atoms with Gasteiger partial charge in [-0.3, -0.25) is 4.79 Å². The van der Waals surface area contributed by atoms with Crippen molar-refractivity contribution in [3.63, 3.8) is 0 Å². The van der Waals surface area contributed by atoms with Crippen LogP contribution >= 0.6 is 15.9 Å². The van der Waals surface area contributed by atoms with Crippen LogP contribution in [0.15, 0.2) is 22.7 Å². The minimum Gasteiger partial charge on any atom is -0.496 e. The van der Waals surface area contributed by atoms with Gasteiger partial charge in [0.25, 0.3) is 0 Å². The number of methoxy groups -OCH3 is 1. The highest BCUT2D eigenvalue weighted by molar-refractivity contribution is 9.10. The highest BCUT2D eigenvalue weighted by Crippen LogP contribution is 2.23. The lowest BCUT2D eigenvalue weighted by atomic mass is 10.1. The molecule has 0 radical (unpaired) electrons. The average molecular weight is 331 g/mol. The van der Waals surface area contributed by atoms with Gasteiger partial charge >= 0.3 is 5.97 Å². The summed E-state index contributed by atoms with van der Waals surface area (Å²) in [5.41, 5.74) is 6.75. The Morgan fingerprint density at radius 2 is 2.32 bits per heavy atom. The molecule has 0 amide bonds. The summed E-state index contributed by atoms with van der Waals surface area (Å²) in [6, 6.07) is 5.49. The van der Waals surface area contributed by atoms with Crippen molar-refractivity contribution in [1.82, 2.24) is 5.32 Å². The third kappa shape index (κ3) is 6.04. The van der Waals surface area contributed by atoms with Crippen molar-refractivity contribution >= 4 is 21.9 Å². The molecule has 0 spiro atoms. The Bertz CT molecular complexity index is 426. The monoisotopic (exact) mass is 330 g/mol. The number of carboxylic acids is 1. The number of carbonyl (C=O) groups is 1. The molecule has 0 heterocycles. The highest BCUT2D eigenvalue weighted by atomic mass is 79.9. The van der Waals surface area contributed by atoms with Crippen LogP contribution in [0.1, 0.15) is 12.0 Å². The summed E-state index contributed by atoms with van der Waals surface area (Å²) in [4.78, 5) is 10.5. The van der Waals surface area contributed by atoms with Crippen LogP contribution in [0.3, 0.4) is 0 Å². The Kier molecular flexibility index (Phi) is 6.83. The number of nitrogens with one attached hydrogen (secondary N) is 1. The SMILES string of the molecule is COc1ccc(Br)cc1CCNCC(N)CC(=O)O. The first-order chi connectivity index (χ1) is 9.02. The van der Waals surface area contributed by atoms with Gasteiger partial charge in [0.15, 0.2) is 0 Å². The van der Waals surface area contributed by atoms with E-state index in [0.29, 0.717) is 6.54 Å². The molecule has 1 aromatic carbocycles. The molecule has 6 heteroatoms. The molecule has 1 atom stereocenters. The van der Waals surface area contributed by atoms with Crippen molar-refractivity contribution in [3.8, 4) is 5.75 Å². The van der Waals surface area contributed by atoms with Gasteiger partial charge in [-0.25, -0.2) is 0 Å². The predicted molar refractivity (Wildman–Crippen MR) is 77.5 cm³/mol. The van der Waals surface area contributed by atoms with E-state index in [2.05, 4.69) is 21.2 Å². The van der Waals surface area contributed by atoms with Crippen LogP contribution in [0.25, 0.3) is 0 Å². The molecule has 19 heavy (non-hydrogen) atoms. The third-order valence-electron chi connectivity index (χ3n) is 2.66. The van der Waals surface area contributed by atoms with E-state index >= 15 is 0 Å². The number of rotatable bonds is 8. The molecule has 0 aliphatic rings. The largest absolute Gasteiger partial charge is 0.496 e. The van der Waals surface area contributed by atoms with Crippen LogP contribution in [-0.4, -0.2) is 37.3 Å². The highest BCUT2D eigenvalue weighted by Gasteiger charge is 2.08. The molecule has 0 fully saturated rings. The fourth-order valence-corrected chi connectivity index (χ4v) is 2.16. The van der Waals surface area contributed by atoms with Crippen LogP contribution in [0.5, 0.6) is 5.75 Å². The number of benzene rings is 1. The first-order valence-corrected chi connectivity index (χ1v) is 6.82. The van der Waals surface area contributed by atoms with Gasteiger partial charge in [-0.2, -0.15) is 0 Å². The Hall–Kier alpha value is -1.11. The Balaban J connectivity index is 2.37. The van der Waals surface area contributed by atoms with Gasteiger partial charge in [0.05, 0.1) is 13.5 Å². The molecule has 1 rings (SSSR count). The normalized spacial score (nSPS) is 12.2. The molecular weight excluding hydrogens is 312 g/mol. The molecule has 1 aromatic rings. The number of nitrogens with two attached hydrogens (primary N) is 1. The quantitative estimate of drug-likeness (QED) is 0.627. The number of halogens is 1. The maximum absolute atomic E-state index is 10.5. The summed E-state index contributed by atoms with van der Waals surface area (Å²) < 4.78 is 6.29. The van der Waals surface area contributed by atoms with E-state index in [1.807, 2.05) is 18.2 Å². The summed E-state index contributed by atoms with van der Waals surface area (Å²) in [5, 5.41) is 11.7. The van der Waals surface area contributed by atoms with E-state index in [-0.39, 0.29) is 12.5 Å². The second kappa shape index (κ2) is 8.14. The standard InChI is InChI=1S/C13H19BrN2O3/c1-19-12-3-2-10(14)6-9(12)4-5-16-8-11(15)7-13(17)18/h2-3,6,11,16H,4-5,7-8,15H2,1H3,(H,17,18). The third-order valence-corrected chi connectivity index (χ3v) is 3.15. The summed E-state index contributed by atoms with van der Waals surface area (Å²) in [5.74, 6) is -0.0252. The lowest BCUT2D eigenvalue weighted by Gasteiger charge is -2.12. The zero-order valence-electron chi connectivity index (χ0n) is 10.9. The second-order valence-electron chi connectivity index (χ2n) is 4.27. The van der Waals surface area contributed by atoms with Crippen molar-refractivity contribution in [1.29, 1.82) is 0 Å². The maximum atomic E-state index is 10.5. The molecule has 0 bridgehead atoms. The number of hydrogen-bond acceptors (Lipinski definition) is 4. The number of aliphatic carboxylic acids is 1. The van der Waals surface area contributed by atoms with Crippen molar-refractivity contribution in [3.05, 3.63) is 28.2 Å². The lowest BCUT2D eigenvalue weighted by molar-refractivity contribution is -0.137. The van der Waals surface area contributed by atoms with Crippen LogP contribution < -0.4 is 15.8 Å². The first kappa shape index (κ1) is 15.9. The van der Waals surface area contributed by atoms with Crippen molar-refractivity contribution in [2.24, 2.45) is 5.73 Å². The van der Waals surface area contributed by atoms with Gasteiger partial charge in [0.2, 0.25) is 0 Å². The molecule has 0 aliphatic carbocycles. The van der Waals surface area contributed by atoms with Gasteiger partial charge in [-0.05, 0) is 36.7 Å². The van der Waals surface area contributed by atoms with E-state index in [9.17, 15) is 4.79 Å². The Labute approximate surface area is 121 Å². The van der Waals surface area contributed by atoms with Gasteiger partial charge in [0, 0.05) is 17.1 Å². The van der Waals surface area contributed by atoms with Crippen LogP contribution in [0.4, 0.5) is 0 Å². The Morgan fingerprint density at radius 1 is 1.58 bits per heavy atom. The topological polar surface area (TPSA) is 84.6 Å². The molecular formula is C13H19BrN2O3. The van der Waals surface area contributed by atoms with Crippen LogP contribution in [-0.2, 0) is 11.2 Å². The molecule has 0 aliphatic heterocycles. The maximum Gasteiger partial charge on any atom is 0.304 e. The predicted octanol–water partition coefficient (Wildman–Crippen LogP) is 1.39. The van der Waals surface area contributed by atoms with E-state index in [4.69, 9.17) is 15.6 Å². The van der Waals surface area contributed by atoms with Crippen LogP contribution in [0, 0.1) is 0 Å². The summed E-state index contributed by atoms with van der Waals surface area (Å²) in [7, 11) is 1.64. The average Bonchev–Trinajstić information content (AvgIpc) is 2.34. The van der Waals surface area contributed by atoms with E-state index in [1.165, 1.54) is 0 Å².